The van der Waals surface area contributed by atoms with E-state index in [9.17, 15) is 9.59 Å². The number of allylic oxidation sites excluding steroid dienone is 1. The quantitative estimate of drug-likeness (QED) is 0.316. The summed E-state index contributed by atoms with van der Waals surface area (Å²) in [4.78, 5) is 22.2. The van der Waals surface area contributed by atoms with E-state index in [-0.39, 0.29) is 0 Å². The van der Waals surface area contributed by atoms with Gasteiger partial charge in [0.1, 0.15) is 5.57 Å². The predicted octanol–water partition coefficient (Wildman–Crippen LogP) is 2.38. The number of carboxylic acid groups (broad SMARTS) is 2. The summed E-state index contributed by atoms with van der Waals surface area (Å²) in [7, 11) is 0. The second-order valence-electron chi connectivity index (χ2n) is 4.19. The monoisotopic (exact) mass is 263 g/mol. The van der Waals surface area contributed by atoms with Crippen molar-refractivity contribution in [3.63, 3.8) is 0 Å². The molecule has 1 rings (SSSR count). The van der Waals surface area contributed by atoms with Gasteiger partial charge >= 0.3 is 11.9 Å². The summed E-state index contributed by atoms with van der Waals surface area (Å²) >= 11 is 0. The summed E-state index contributed by atoms with van der Waals surface area (Å²) in [5.41, 5.74) is 6.47. The first-order chi connectivity index (χ1) is 8.97. The molecule has 0 fully saturated rings. The van der Waals surface area contributed by atoms with E-state index in [1.165, 1.54) is 0 Å². The topological polar surface area (TPSA) is 101 Å². The zero-order valence-electron chi connectivity index (χ0n) is 10.7. The molecule has 0 aromatic heterocycles. The summed E-state index contributed by atoms with van der Waals surface area (Å²) < 4.78 is 0. The highest BCUT2D eigenvalue weighted by atomic mass is 16.4. The van der Waals surface area contributed by atoms with Crippen LogP contribution in [0.4, 0.5) is 5.69 Å². The molecule has 0 amide bonds. The molecule has 0 heterocycles. The van der Waals surface area contributed by atoms with Crippen molar-refractivity contribution in [3.8, 4) is 0 Å². The van der Waals surface area contributed by atoms with E-state index in [1.807, 2.05) is 6.92 Å². The Kier molecular flexibility index (Phi) is 5.11. The van der Waals surface area contributed by atoms with Crippen molar-refractivity contribution in [2.75, 3.05) is 5.73 Å². The van der Waals surface area contributed by atoms with Gasteiger partial charge in [0.15, 0.2) is 0 Å². The summed E-state index contributed by atoms with van der Waals surface area (Å²) in [6.07, 6.45) is 1.99. The average Bonchev–Trinajstić information content (AvgIpc) is 2.34. The van der Waals surface area contributed by atoms with Crippen LogP contribution in [0.2, 0.25) is 0 Å². The van der Waals surface area contributed by atoms with Crippen molar-refractivity contribution in [1.29, 1.82) is 0 Å². The summed E-state index contributed by atoms with van der Waals surface area (Å²) in [5.74, 6) is -2.84. The van der Waals surface area contributed by atoms with Crippen LogP contribution in [0.15, 0.2) is 29.8 Å². The lowest BCUT2D eigenvalue weighted by Gasteiger charge is -2.10. The Morgan fingerprint density at radius 2 is 1.63 bits per heavy atom. The van der Waals surface area contributed by atoms with Crippen LogP contribution in [-0.2, 0) is 9.59 Å². The fraction of sp³-hybridized carbons (Fsp3) is 0.286. The van der Waals surface area contributed by atoms with Gasteiger partial charge in [0.2, 0.25) is 0 Å². The molecule has 1 aromatic rings. The van der Waals surface area contributed by atoms with Gasteiger partial charge in [0.25, 0.3) is 0 Å². The molecule has 0 aliphatic heterocycles. The van der Waals surface area contributed by atoms with E-state index >= 15 is 0 Å². The zero-order valence-corrected chi connectivity index (χ0v) is 10.7. The zero-order chi connectivity index (χ0) is 14.4. The normalized spacial score (nSPS) is 9.95. The largest absolute Gasteiger partial charge is 0.477 e. The van der Waals surface area contributed by atoms with Crippen LogP contribution in [-0.4, -0.2) is 22.2 Å². The van der Waals surface area contributed by atoms with Gasteiger partial charge in [-0.05, 0) is 36.1 Å². The predicted molar refractivity (Wildman–Crippen MR) is 72.6 cm³/mol. The molecule has 19 heavy (non-hydrogen) atoms. The average molecular weight is 263 g/mol. The molecular weight excluding hydrogens is 246 g/mol. The molecule has 0 unspecified atom stereocenters. The second-order valence-corrected chi connectivity index (χ2v) is 4.19. The van der Waals surface area contributed by atoms with Crippen LogP contribution in [0.1, 0.15) is 31.7 Å². The van der Waals surface area contributed by atoms with Gasteiger partial charge in [-0.15, -0.1) is 0 Å². The fourth-order valence-electron chi connectivity index (χ4n) is 1.80. The molecule has 0 bridgehead atoms. The number of anilines is 1. The van der Waals surface area contributed by atoms with Crippen LogP contribution >= 0.6 is 0 Å². The number of carbonyl (C=O) groups is 2. The molecule has 5 nitrogen and oxygen atoms in total. The number of nitrogens with two attached hydrogens (primary N) is 1. The van der Waals surface area contributed by atoms with Crippen molar-refractivity contribution >= 4 is 23.2 Å². The van der Waals surface area contributed by atoms with E-state index < -0.39 is 17.5 Å². The number of benzene rings is 1. The van der Waals surface area contributed by atoms with Gasteiger partial charge in [-0.25, -0.2) is 9.59 Å². The summed E-state index contributed by atoms with van der Waals surface area (Å²) in [6.45, 7) is 1.96. The first-order valence-corrected chi connectivity index (χ1v) is 6.03. The Morgan fingerprint density at radius 1 is 1.11 bits per heavy atom. The Morgan fingerprint density at radius 3 is 2.05 bits per heavy atom. The highest BCUT2D eigenvalue weighted by Gasteiger charge is 2.22. The molecule has 0 saturated heterocycles. The molecule has 0 aliphatic rings. The van der Waals surface area contributed by atoms with Gasteiger partial charge in [0.05, 0.1) is 0 Å². The highest BCUT2D eigenvalue weighted by molar-refractivity contribution is 6.18. The Bertz CT molecular complexity index is 487. The first-order valence-electron chi connectivity index (χ1n) is 6.03. The van der Waals surface area contributed by atoms with Crippen LogP contribution in [0.25, 0.3) is 5.57 Å². The van der Waals surface area contributed by atoms with Crippen LogP contribution < -0.4 is 5.73 Å². The summed E-state index contributed by atoms with van der Waals surface area (Å²) in [5, 5.41) is 18.1. The molecule has 1 aromatic carbocycles. The molecule has 0 saturated carbocycles. The number of nitrogen functional groups attached to an aromatic ring is 1. The van der Waals surface area contributed by atoms with Crippen molar-refractivity contribution in [2.24, 2.45) is 0 Å². The number of hydrogen-bond acceptors (Lipinski definition) is 3. The van der Waals surface area contributed by atoms with Crippen molar-refractivity contribution in [3.05, 3.63) is 35.4 Å². The third kappa shape index (κ3) is 3.84. The number of hydrogen-bond donors (Lipinski definition) is 3. The minimum Gasteiger partial charge on any atom is -0.477 e. The summed E-state index contributed by atoms with van der Waals surface area (Å²) in [6, 6.07) is 6.55. The number of aliphatic carboxylic acids is 2. The van der Waals surface area contributed by atoms with E-state index in [0.717, 1.165) is 12.8 Å². The lowest BCUT2D eigenvalue weighted by molar-refractivity contribution is -0.140. The van der Waals surface area contributed by atoms with E-state index in [0.29, 0.717) is 23.2 Å². The van der Waals surface area contributed by atoms with Crippen molar-refractivity contribution in [1.82, 2.24) is 0 Å². The second kappa shape index (κ2) is 6.58. The standard InChI is InChI=1S/C14H17NO4/c1-2-3-4-11(12(13(16)17)14(18)19)9-5-7-10(15)8-6-9/h5-8H,2-4,15H2,1H3,(H,16,17)(H,18,19). The fourth-order valence-corrected chi connectivity index (χ4v) is 1.80. The van der Waals surface area contributed by atoms with Gasteiger partial charge < -0.3 is 15.9 Å². The maximum absolute atomic E-state index is 11.1. The van der Waals surface area contributed by atoms with E-state index in [4.69, 9.17) is 15.9 Å². The van der Waals surface area contributed by atoms with Gasteiger partial charge in [0, 0.05) is 5.69 Å². The molecular formula is C14H17NO4. The molecule has 4 N–H and O–H groups in total. The number of rotatable bonds is 6. The van der Waals surface area contributed by atoms with Crippen molar-refractivity contribution < 1.29 is 19.8 Å². The van der Waals surface area contributed by atoms with Crippen LogP contribution in [0, 0.1) is 0 Å². The lowest BCUT2D eigenvalue weighted by atomic mass is 9.94. The Hall–Kier alpha value is -2.30. The third-order valence-electron chi connectivity index (χ3n) is 2.77. The molecule has 0 spiro atoms. The van der Waals surface area contributed by atoms with Gasteiger partial charge in [-0.1, -0.05) is 25.5 Å². The molecule has 0 radical (unpaired) electrons. The lowest BCUT2D eigenvalue weighted by Crippen LogP contribution is -2.14. The molecule has 102 valence electrons. The van der Waals surface area contributed by atoms with Gasteiger partial charge in [-0.2, -0.15) is 0 Å². The highest BCUT2D eigenvalue weighted by Crippen LogP contribution is 2.26. The smallest absolute Gasteiger partial charge is 0.343 e. The van der Waals surface area contributed by atoms with Crippen molar-refractivity contribution in [2.45, 2.75) is 26.2 Å². The Balaban J connectivity index is 3.34. The maximum Gasteiger partial charge on any atom is 0.343 e. The number of carboxylic acids is 2. The molecule has 0 aliphatic carbocycles. The van der Waals surface area contributed by atoms with Crippen LogP contribution in [0.5, 0.6) is 0 Å². The third-order valence-corrected chi connectivity index (χ3v) is 2.77. The van der Waals surface area contributed by atoms with E-state index in [2.05, 4.69) is 0 Å². The molecule has 0 atom stereocenters. The Labute approximate surface area is 111 Å². The van der Waals surface area contributed by atoms with E-state index in [1.54, 1.807) is 24.3 Å². The number of unbranched alkanes of at least 4 members (excludes halogenated alkanes) is 1. The first kappa shape index (κ1) is 14.8. The maximum atomic E-state index is 11.1. The van der Waals surface area contributed by atoms with Crippen LogP contribution in [0.3, 0.4) is 0 Å². The van der Waals surface area contributed by atoms with Gasteiger partial charge in [-0.3, -0.25) is 0 Å². The molecule has 5 heteroatoms. The SMILES string of the molecule is CCCCC(=C(C(=O)O)C(=O)O)c1ccc(N)cc1. The minimum absolute atomic E-state index is 0.335. The minimum atomic E-state index is -1.42.